The molecule has 0 saturated carbocycles. The van der Waals surface area contributed by atoms with E-state index in [1.54, 1.807) is 24.0 Å². The highest BCUT2D eigenvalue weighted by Gasteiger charge is 2.43. The van der Waals surface area contributed by atoms with Crippen molar-refractivity contribution in [3.05, 3.63) is 59.7 Å². The molecular formula is C25H31N3O4. The predicted molar refractivity (Wildman–Crippen MR) is 121 cm³/mol. The Kier molecular flexibility index (Phi) is 6.65. The molecule has 2 aromatic carbocycles. The van der Waals surface area contributed by atoms with Crippen molar-refractivity contribution < 1.29 is 19.1 Å². The first-order valence-electron chi connectivity index (χ1n) is 11.0. The number of methoxy groups -OCH3 is 2. The molecule has 0 aliphatic carbocycles. The number of hydrogen-bond donors (Lipinski definition) is 0. The molecule has 32 heavy (non-hydrogen) atoms. The molecular weight excluding hydrogens is 406 g/mol. The molecule has 7 heteroatoms. The third kappa shape index (κ3) is 4.58. The molecule has 4 rings (SSSR count). The SMILES string of the molecule is COc1ccc(CN2CC[C@@H]3[C@H](C2)C(=O)N(Cc2ccccc2)CC(=O)N3C)c(OC)c1. The lowest BCUT2D eigenvalue weighted by Crippen LogP contribution is -2.53. The Morgan fingerprint density at radius 1 is 1.00 bits per heavy atom. The van der Waals surface area contributed by atoms with Gasteiger partial charge in [-0.05, 0) is 18.1 Å². The quantitative estimate of drug-likeness (QED) is 0.695. The summed E-state index contributed by atoms with van der Waals surface area (Å²) >= 11 is 0. The molecule has 2 fully saturated rings. The monoisotopic (exact) mass is 437 g/mol. The lowest BCUT2D eigenvalue weighted by atomic mass is 9.90. The van der Waals surface area contributed by atoms with E-state index >= 15 is 0 Å². The number of hydrogen-bond acceptors (Lipinski definition) is 5. The number of likely N-dealkylation sites (tertiary alicyclic amines) is 1. The highest BCUT2D eigenvalue weighted by atomic mass is 16.5. The number of carbonyl (C=O) groups excluding carboxylic acids is 2. The Bertz CT molecular complexity index is 965. The second-order valence-electron chi connectivity index (χ2n) is 8.56. The van der Waals surface area contributed by atoms with E-state index in [9.17, 15) is 9.59 Å². The summed E-state index contributed by atoms with van der Waals surface area (Å²) in [4.78, 5) is 32.2. The molecule has 0 aromatic heterocycles. The Hall–Kier alpha value is -3.06. The van der Waals surface area contributed by atoms with Crippen molar-refractivity contribution in [2.45, 2.75) is 25.6 Å². The number of benzene rings is 2. The van der Waals surface area contributed by atoms with Crippen molar-refractivity contribution in [3.8, 4) is 11.5 Å². The van der Waals surface area contributed by atoms with E-state index in [2.05, 4.69) is 4.90 Å². The van der Waals surface area contributed by atoms with Gasteiger partial charge in [0.05, 0.1) is 20.1 Å². The van der Waals surface area contributed by atoms with Gasteiger partial charge in [-0.1, -0.05) is 36.4 Å². The van der Waals surface area contributed by atoms with Gasteiger partial charge in [0.15, 0.2) is 0 Å². The third-order valence-electron chi connectivity index (χ3n) is 6.61. The molecule has 2 aliphatic rings. The highest BCUT2D eigenvalue weighted by molar-refractivity contribution is 5.89. The Morgan fingerprint density at radius 3 is 2.50 bits per heavy atom. The largest absolute Gasteiger partial charge is 0.497 e. The highest BCUT2D eigenvalue weighted by Crippen LogP contribution is 2.31. The zero-order chi connectivity index (χ0) is 22.7. The minimum atomic E-state index is -0.242. The second kappa shape index (κ2) is 9.61. The maximum Gasteiger partial charge on any atom is 0.242 e. The fourth-order valence-electron chi connectivity index (χ4n) is 4.79. The number of nitrogens with zero attached hydrogens (tertiary/aromatic N) is 3. The number of fused-ring (bicyclic) bond motifs is 1. The van der Waals surface area contributed by atoms with Crippen molar-refractivity contribution in [1.82, 2.24) is 14.7 Å². The number of carbonyl (C=O) groups is 2. The second-order valence-corrected chi connectivity index (χ2v) is 8.56. The fourth-order valence-corrected chi connectivity index (χ4v) is 4.79. The van der Waals surface area contributed by atoms with Crippen LogP contribution in [0.5, 0.6) is 11.5 Å². The molecule has 0 N–H and O–H groups in total. The van der Waals surface area contributed by atoms with Crippen LogP contribution in [0.15, 0.2) is 48.5 Å². The standard InChI is InChI=1S/C25H31N3O4/c1-26-22-11-12-27(15-19-9-10-20(31-2)13-23(19)32-3)16-21(22)25(30)28(17-24(26)29)14-18-7-5-4-6-8-18/h4-10,13,21-22H,11-12,14-17H2,1-3H3/t21-,22+/m0/s1. The van der Waals surface area contributed by atoms with Crippen LogP contribution in [0.1, 0.15) is 17.5 Å². The summed E-state index contributed by atoms with van der Waals surface area (Å²) in [6.45, 7) is 2.69. The number of rotatable bonds is 6. The molecule has 2 aromatic rings. The molecule has 2 heterocycles. The topological polar surface area (TPSA) is 62.3 Å². The first kappa shape index (κ1) is 22.1. The number of ether oxygens (including phenoxy) is 2. The summed E-state index contributed by atoms with van der Waals surface area (Å²) in [7, 11) is 5.12. The Labute approximate surface area is 189 Å². The smallest absolute Gasteiger partial charge is 0.242 e. The van der Waals surface area contributed by atoms with Crippen LogP contribution < -0.4 is 9.47 Å². The van der Waals surface area contributed by atoms with Crippen LogP contribution in [-0.4, -0.2) is 73.5 Å². The molecule has 0 radical (unpaired) electrons. The molecule has 0 bridgehead atoms. The molecule has 2 aliphatic heterocycles. The van der Waals surface area contributed by atoms with E-state index in [-0.39, 0.29) is 30.3 Å². The maximum atomic E-state index is 13.6. The maximum absolute atomic E-state index is 13.6. The Balaban J connectivity index is 1.53. The van der Waals surface area contributed by atoms with Gasteiger partial charge in [-0.25, -0.2) is 0 Å². The van der Waals surface area contributed by atoms with E-state index in [1.807, 2.05) is 55.6 Å². The molecule has 7 nitrogen and oxygen atoms in total. The number of likely N-dealkylation sites (N-methyl/N-ethyl adjacent to an activating group) is 1. The van der Waals surface area contributed by atoms with E-state index in [1.165, 1.54) is 0 Å². The van der Waals surface area contributed by atoms with Crippen LogP contribution in [0.25, 0.3) is 0 Å². The van der Waals surface area contributed by atoms with E-state index in [0.29, 0.717) is 19.6 Å². The number of piperidine rings is 1. The van der Waals surface area contributed by atoms with Gasteiger partial charge in [-0.2, -0.15) is 0 Å². The zero-order valence-corrected chi connectivity index (χ0v) is 19.0. The number of amides is 2. The predicted octanol–water partition coefficient (Wildman–Crippen LogP) is 2.40. The zero-order valence-electron chi connectivity index (χ0n) is 19.0. The van der Waals surface area contributed by atoms with Gasteiger partial charge >= 0.3 is 0 Å². The molecule has 2 saturated heterocycles. The molecule has 2 amide bonds. The van der Waals surface area contributed by atoms with Crippen LogP contribution in [0.3, 0.4) is 0 Å². The Morgan fingerprint density at radius 2 is 1.78 bits per heavy atom. The molecule has 2 atom stereocenters. The minimum Gasteiger partial charge on any atom is -0.497 e. The molecule has 0 unspecified atom stereocenters. The average Bonchev–Trinajstić information content (AvgIpc) is 2.90. The van der Waals surface area contributed by atoms with Crippen LogP contribution in [0.4, 0.5) is 0 Å². The van der Waals surface area contributed by atoms with Gasteiger partial charge in [-0.15, -0.1) is 0 Å². The van der Waals surface area contributed by atoms with Crippen molar-refractivity contribution in [2.24, 2.45) is 5.92 Å². The van der Waals surface area contributed by atoms with Crippen LogP contribution in [-0.2, 0) is 22.7 Å². The van der Waals surface area contributed by atoms with Gasteiger partial charge in [-0.3, -0.25) is 14.5 Å². The first-order chi connectivity index (χ1) is 15.5. The van der Waals surface area contributed by atoms with E-state index in [0.717, 1.165) is 35.6 Å². The average molecular weight is 438 g/mol. The fraction of sp³-hybridized carbons (Fsp3) is 0.440. The van der Waals surface area contributed by atoms with Crippen molar-refractivity contribution in [1.29, 1.82) is 0 Å². The summed E-state index contributed by atoms with van der Waals surface area (Å²) < 4.78 is 10.9. The van der Waals surface area contributed by atoms with Gasteiger partial charge in [0.1, 0.15) is 18.0 Å². The van der Waals surface area contributed by atoms with Crippen LogP contribution in [0, 0.1) is 5.92 Å². The van der Waals surface area contributed by atoms with Crippen molar-refractivity contribution >= 4 is 11.8 Å². The molecule has 170 valence electrons. The summed E-state index contributed by atoms with van der Waals surface area (Å²) in [6, 6.07) is 15.6. The van der Waals surface area contributed by atoms with Crippen LogP contribution >= 0.6 is 0 Å². The van der Waals surface area contributed by atoms with Gasteiger partial charge in [0.2, 0.25) is 11.8 Å². The summed E-state index contributed by atoms with van der Waals surface area (Å²) in [6.07, 6.45) is 0.774. The van der Waals surface area contributed by atoms with Gasteiger partial charge < -0.3 is 19.3 Å². The van der Waals surface area contributed by atoms with Crippen molar-refractivity contribution in [3.63, 3.8) is 0 Å². The lowest BCUT2D eigenvalue weighted by molar-refractivity contribution is -0.138. The van der Waals surface area contributed by atoms with E-state index in [4.69, 9.17) is 9.47 Å². The van der Waals surface area contributed by atoms with Crippen LogP contribution in [0.2, 0.25) is 0 Å². The lowest BCUT2D eigenvalue weighted by Gasteiger charge is -2.40. The summed E-state index contributed by atoms with van der Waals surface area (Å²) in [5.74, 6) is 1.35. The van der Waals surface area contributed by atoms with Gasteiger partial charge in [0, 0.05) is 50.9 Å². The van der Waals surface area contributed by atoms with Gasteiger partial charge in [0.25, 0.3) is 0 Å². The summed E-state index contributed by atoms with van der Waals surface area (Å²) in [5.41, 5.74) is 2.09. The molecule has 0 spiro atoms. The normalized spacial score (nSPS) is 21.8. The van der Waals surface area contributed by atoms with E-state index < -0.39 is 0 Å². The minimum absolute atomic E-state index is 0.00653. The third-order valence-corrected chi connectivity index (χ3v) is 6.61. The first-order valence-corrected chi connectivity index (χ1v) is 11.0. The summed E-state index contributed by atoms with van der Waals surface area (Å²) in [5, 5.41) is 0. The van der Waals surface area contributed by atoms with Crippen molar-refractivity contribution in [2.75, 3.05) is 40.9 Å².